The summed E-state index contributed by atoms with van der Waals surface area (Å²) < 4.78 is 39.9. The topological polar surface area (TPSA) is 145 Å². The number of aliphatic hydroxyl groups excluding tert-OH is 1. The van der Waals surface area contributed by atoms with Crippen molar-refractivity contribution >= 4 is 28.0 Å². The molecular weight excluding hydrogens is 466 g/mol. The number of hydrogen-bond acceptors (Lipinski definition) is 9. The number of aliphatic hydroxyl groups is 1. The molecule has 0 spiro atoms. The number of ether oxygens (including phenoxy) is 2. The summed E-state index contributed by atoms with van der Waals surface area (Å²) in [5.74, 6) is -2.34. The summed E-state index contributed by atoms with van der Waals surface area (Å²) in [4.78, 5) is 35.9. The highest BCUT2D eigenvalue weighted by Crippen LogP contribution is 2.28. The van der Waals surface area contributed by atoms with Gasteiger partial charge < -0.3 is 19.9 Å². The first-order chi connectivity index (χ1) is 15.5. The molecule has 0 bridgehead atoms. The van der Waals surface area contributed by atoms with E-state index >= 15 is 0 Å². The molecule has 1 unspecified atom stereocenters. The highest BCUT2D eigenvalue weighted by molar-refractivity contribution is 7.86. The third-order valence-electron chi connectivity index (χ3n) is 4.64. The van der Waals surface area contributed by atoms with Crippen molar-refractivity contribution in [3.63, 3.8) is 0 Å². The molecule has 2 N–H and O–H groups in total. The molecule has 1 aromatic rings. The van der Waals surface area contributed by atoms with Crippen molar-refractivity contribution in [3.05, 3.63) is 35.9 Å². The summed E-state index contributed by atoms with van der Waals surface area (Å²) in [6, 6.07) is 8.28. The van der Waals surface area contributed by atoms with Crippen molar-refractivity contribution in [1.82, 2.24) is 5.32 Å². The van der Waals surface area contributed by atoms with Crippen LogP contribution in [0.1, 0.15) is 59.8 Å². The molecule has 34 heavy (non-hydrogen) atoms. The maximum Gasteiger partial charge on any atom is 0.338 e. The average Bonchev–Trinajstić information content (AvgIpc) is 2.74. The van der Waals surface area contributed by atoms with E-state index in [4.69, 9.17) is 13.7 Å². The number of esters is 2. The monoisotopic (exact) mass is 501 g/mol. The van der Waals surface area contributed by atoms with Gasteiger partial charge in [-0.3, -0.25) is 13.8 Å². The van der Waals surface area contributed by atoms with Gasteiger partial charge in [0.2, 0.25) is 5.91 Å². The standard InChI is InChI=1S/C23H35NO9S/c1-16(25)24-13-10-14-34(29,30)31-15-23(5,6)18(26)19(27)32-20(17-11-8-7-9-12-17)33-21(28)22(2,3)4/h7-9,11-12,18,20,26H,10,13-15H2,1-6H3,(H,24,25)/t18-,20?/m0/s1. The zero-order valence-electron chi connectivity index (χ0n) is 20.5. The molecule has 0 radical (unpaired) electrons. The number of amides is 1. The molecule has 0 saturated carbocycles. The van der Waals surface area contributed by atoms with Gasteiger partial charge in [0.25, 0.3) is 16.4 Å². The van der Waals surface area contributed by atoms with Crippen molar-refractivity contribution in [2.24, 2.45) is 10.8 Å². The van der Waals surface area contributed by atoms with E-state index in [1.807, 2.05) is 0 Å². The predicted octanol–water partition coefficient (Wildman–Crippen LogP) is 2.08. The molecule has 11 heteroatoms. The van der Waals surface area contributed by atoms with Crippen molar-refractivity contribution < 1.29 is 41.6 Å². The van der Waals surface area contributed by atoms with E-state index in [0.29, 0.717) is 5.56 Å². The van der Waals surface area contributed by atoms with Gasteiger partial charge in [-0.1, -0.05) is 44.2 Å². The third-order valence-corrected chi connectivity index (χ3v) is 5.91. The summed E-state index contributed by atoms with van der Waals surface area (Å²) in [6.45, 7) is 8.80. The van der Waals surface area contributed by atoms with Crippen LogP contribution in [0.15, 0.2) is 30.3 Å². The van der Waals surface area contributed by atoms with Crippen LogP contribution in [-0.2, 0) is 38.2 Å². The average molecular weight is 502 g/mol. The molecule has 1 rings (SSSR count). The molecule has 0 aliphatic rings. The molecule has 2 atom stereocenters. The summed E-state index contributed by atoms with van der Waals surface area (Å²) in [7, 11) is -3.95. The SMILES string of the molecule is CC(=O)NCCCS(=O)(=O)OCC(C)(C)[C@@H](O)C(=O)OC(OC(=O)C(C)(C)C)c1ccccc1. The molecule has 0 fully saturated rings. The second-order valence-corrected chi connectivity index (χ2v) is 11.3. The van der Waals surface area contributed by atoms with Gasteiger partial charge in [0.15, 0.2) is 6.10 Å². The van der Waals surface area contributed by atoms with Crippen LogP contribution >= 0.6 is 0 Å². The molecule has 0 aliphatic heterocycles. The Morgan fingerprint density at radius 2 is 1.62 bits per heavy atom. The number of rotatable bonds is 12. The smallest absolute Gasteiger partial charge is 0.338 e. The first kappa shape index (κ1) is 29.5. The minimum atomic E-state index is -3.95. The van der Waals surface area contributed by atoms with Gasteiger partial charge in [0, 0.05) is 24.4 Å². The minimum absolute atomic E-state index is 0.144. The molecule has 10 nitrogen and oxygen atoms in total. The first-order valence-corrected chi connectivity index (χ1v) is 12.4. The van der Waals surface area contributed by atoms with E-state index in [9.17, 15) is 27.9 Å². The number of benzene rings is 1. The van der Waals surface area contributed by atoms with E-state index in [-0.39, 0.29) is 24.6 Å². The van der Waals surface area contributed by atoms with Gasteiger partial charge in [0.05, 0.1) is 17.8 Å². The highest BCUT2D eigenvalue weighted by Gasteiger charge is 2.39. The number of hydrogen-bond donors (Lipinski definition) is 2. The Hall–Kier alpha value is -2.50. The fourth-order valence-corrected chi connectivity index (χ4v) is 3.53. The van der Waals surface area contributed by atoms with Crippen LogP contribution in [0.2, 0.25) is 0 Å². The molecule has 0 heterocycles. The molecule has 0 aromatic heterocycles. The van der Waals surface area contributed by atoms with E-state index in [2.05, 4.69) is 5.32 Å². The summed E-state index contributed by atoms with van der Waals surface area (Å²) in [6.07, 6.45) is -3.03. The molecule has 1 aromatic carbocycles. The Morgan fingerprint density at radius 1 is 1.03 bits per heavy atom. The fraction of sp³-hybridized carbons (Fsp3) is 0.609. The van der Waals surface area contributed by atoms with Crippen LogP contribution in [0.5, 0.6) is 0 Å². The minimum Gasteiger partial charge on any atom is -0.420 e. The lowest BCUT2D eigenvalue weighted by Gasteiger charge is -2.30. The zero-order chi connectivity index (χ0) is 26.2. The van der Waals surface area contributed by atoms with Gasteiger partial charge in [0.1, 0.15) is 0 Å². The second-order valence-electron chi connectivity index (χ2n) is 9.59. The van der Waals surface area contributed by atoms with Crippen LogP contribution in [0.4, 0.5) is 0 Å². The van der Waals surface area contributed by atoms with Crippen LogP contribution in [-0.4, -0.2) is 56.4 Å². The van der Waals surface area contributed by atoms with Gasteiger partial charge in [-0.2, -0.15) is 8.42 Å². The van der Waals surface area contributed by atoms with Gasteiger partial charge in [-0.15, -0.1) is 0 Å². The fourth-order valence-electron chi connectivity index (χ4n) is 2.43. The van der Waals surface area contributed by atoms with E-state index in [1.165, 1.54) is 20.8 Å². The molecule has 1 amide bonds. The number of carbonyl (C=O) groups excluding carboxylic acids is 3. The quantitative estimate of drug-likeness (QED) is 0.190. The third kappa shape index (κ3) is 10.2. The normalized spacial score (nSPS) is 14.1. The largest absolute Gasteiger partial charge is 0.420 e. The summed E-state index contributed by atoms with van der Waals surface area (Å²) >= 11 is 0. The Bertz CT molecular complexity index is 937. The van der Waals surface area contributed by atoms with Crippen molar-refractivity contribution in [2.45, 2.75) is 60.4 Å². The first-order valence-electron chi connectivity index (χ1n) is 10.8. The lowest BCUT2D eigenvalue weighted by atomic mass is 9.87. The van der Waals surface area contributed by atoms with E-state index < -0.39 is 51.9 Å². The van der Waals surface area contributed by atoms with Crippen LogP contribution in [0.3, 0.4) is 0 Å². The summed E-state index contributed by atoms with van der Waals surface area (Å²) in [5, 5.41) is 13.1. The predicted molar refractivity (Wildman–Crippen MR) is 124 cm³/mol. The molecule has 0 saturated heterocycles. The van der Waals surface area contributed by atoms with Gasteiger partial charge in [-0.05, 0) is 27.2 Å². The number of nitrogens with one attached hydrogen (secondary N) is 1. The van der Waals surface area contributed by atoms with Crippen molar-refractivity contribution in [2.75, 3.05) is 18.9 Å². The summed E-state index contributed by atoms with van der Waals surface area (Å²) in [5.41, 5.74) is -1.83. The lowest BCUT2D eigenvalue weighted by molar-refractivity contribution is -0.204. The van der Waals surface area contributed by atoms with Crippen molar-refractivity contribution in [3.8, 4) is 0 Å². The van der Waals surface area contributed by atoms with Crippen LogP contribution in [0, 0.1) is 10.8 Å². The molecule has 192 valence electrons. The maximum atomic E-state index is 12.7. The Kier molecular flexibility index (Phi) is 10.7. The second kappa shape index (κ2) is 12.3. The number of carbonyl (C=O) groups is 3. The van der Waals surface area contributed by atoms with Gasteiger partial charge in [-0.25, -0.2) is 4.79 Å². The maximum absolute atomic E-state index is 12.7. The molecule has 0 aliphatic carbocycles. The van der Waals surface area contributed by atoms with Crippen LogP contribution in [0.25, 0.3) is 0 Å². The molecular formula is C23H35NO9S. The van der Waals surface area contributed by atoms with E-state index in [1.54, 1.807) is 51.1 Å². The highest BCUT2D eigenvalue weighted by atomic mass is 32.2. The zero-order valence-corrected chi connectivity index (χ0v) is 21.3. The Balaban J connectivity index is 2.82. The Morgan fingerprint density at radius 3 is 2.15 bits per heavy atom. The lowest BCUT2D eigenvalue weighted by Crippen LogP contribution is -2.42. The Labute approximate surface area is 201 Å². The van der Waals surface area contributed by atoms with E-state index in [0.717, 1.165) is 0 Å². The van der Waals surface area contributed by atoms with Crippen molar-refractivity contribution in [1.29, 1.82) is 0 Å². The van der Waals surface area contributed by atoms with Gasteiger partial charge >= 0.3 is 11.9 Å². The van der Waals surface area contributed by atoms with Crippen LogP contribution < -0.4 is 5.32 Å².